The topological polar surface area (TPSA) is 87.8 Å². The van der Waals surface area contributed by atoms with E-state index in [1.54, 1.807) is 0 Å². The van der Waals surface area contributed by atoms with Gasteiger partial charge in [0.2, 0.25) is 5.91 Å². The van der Waals surface area contributed by atoms with E-state index in [2.05, 4.69) is 22.3 Å². The van der Waals surface area contributed by atoms with E-state index in [9.17, 15) is 9.90 Å². The first-order valence-corrected chi connectivity index (χ1v) is 9.71. The van der Waals surface area contributed by atoms with Gasteiger partial charge in [0, 0.05) is 39.4 Å². The lowest BCUT2D eigenvalue weighted by Gasteiger charge is -2.30. The van der Waals surface area contributed by atoms with Crippen molar-refractivity contribution in [3.63, 3.8) is 0 Å². The van der Waals surface area contributed by atoms with E-state index in [0.717, 1.165) is 50.9 Å². The quantitative estimate of drug-likeness (QED) is 0.704. The second-order valence-electron chi connectivity index (χ2n) is 7.47. The highest BCUT2D eigenvalue weighted by atomic mass is 16.5. The Morgan fingerprint density at radius 1 is 1.19 bits per heavy atom. The van der Waals surface area contributed by atoms with E-state index in [0.29, 0.717) is 19.8 Å². The van der Waals surface area contributed by atoms with Gasteiger partial charge < -0.3 is 20.9 Å². The third kappa shape index (κ3) is 5.27. The van der Waals surface area contributed by atoms with Crippen molar-refractivity contribution in [2.24, 2.45) is 11.7 Å². The Hall–Kier alpha value is -1.47. The van der Waals surface area contributed by atoms with Gasteiger partial charge in [0.25, 0.3) is 0 Å². The molecule has 1 atom stereocenters. The normalized spacial score (nSPS) is 21.5. The number of rotatable bonds is 6. The summed E-state index contributed by atoms with van der Waals surface area (Å²) in [5.41, 5.74) is 8.51. The predicted molar refractivity (Wildman–Crippen MR) is 100 cm³/mol. The van der Waals surface area contributed by atoms with Gasteiger partial charge in [-0.3, -0.25) is 9.69 Å². The van der Waals surface area contributed by atoms with Crippen LogP contribution < -0.4 is 11.1 Å². The van der Waals surface area contributed by atoms with Crippen LogP contribution in [0.5, 0.6) is 0 Å². The second-order valence-corrected chi connectivity index (χ2v) is 7.47. The Morgan fingerprint density at radius 2 is 1.85 bits per heavy atom. The molecule has 144 valence electrons. The number of piperidine rings is 1. The van der Waals surface area contributed by atoms with Crippen LogP contribution in [0.1, 0.15) is 36.8 Å². The zero-order chi connectivity index (χ0) is 18.4. The lowest BCUT2D eigenvalue weighted by atomic mass is 9.92. The molecule has 0 saturated carbocycles. The zero-order valence-corrected chi connectivity index (χ0v) is 15.4. The number of likely N-dealkylation sites (tertiary alicyclic amines) is 1. The van der Waals surface area contributed by atoms with Crippen molar-refractivity contribution < 1.29 is 14.6 Å². The lowest BCUT2D eigenvalue weighted by Crippen LogP contribution is -2.46. The molecule has 2 aliphatic rings. The van der Waals surface area contributed by atoms with Gasteiger partial charge in [-0.25, -0.2) is 0 Å². The molecule has 1 aromatic carbocycles. The summed E-state index contributed by atoms with van der Waals surface area (Å²) in [5.74, 6) is 0.131. The number of nitrogens with zero attached hydrogens (tertiary/aromatic N) is 1. The van der Waals surface area contributed by atoms with Crippen LogP contribution in [-0.2, 0) is 22.6 Å². The minimum atomic E-state index is -0.463. The highest BCUT2D eigenvalue weighted by Gasteiger charge is 2.26. The summed E-state index contributed by atoms with van der Waals surface area (Å²) in [7, 11) is 0. The fraction of sp³-hybridized carbons (Fsp3) is 0.650. The number of hydrogen-bond acceptors (Lipinski definition) is 5. The van der Waals surface area contributed by atoms with E-state index < -0.39 is 6.04 Å². The largest absolute Gasteiger partial charge is 0.393 e. The average Bonchev–Trinajstić information content (AvgIpc) is 2.69. The summed E-state index contributed by atoms with van der Waals surface area (Å²) in [4.78, 5) is 14.8. The number of hydrogen-bond donors (Lipinski definition) is 3. The lowest BCUT2D eigenvalue weighted by molar-refractivity contribution is -0.124. The summed E-state index contributed by atoms with van der Waals surface area (Å²) in [6, 6.07) is 7.75. The van der Waals surface area contributed by atoms with E-state index in [-0.39, 0.29) is 17.9 Å². The number of ether oxygens (including phenoxy) is 1. The Kier molecular flexibility index (Phi) is 7.02. The number of amides is 1. The first-order valence-electron chi connectivity index (χ1n) is 9.71. The van der Waals surface area contributed by atoms with Crippen LogP contribution in [0, 0.1) is 5.92 Å². The van der Waals surface area contributed by atoms with Gasteiger partial charge in [0.15, 0.2) is 0 Å². The number of aliphatic hydroxyl groups is 1. The number of aliphatic hydroxyl groups excluding tert-OH is 1. The van der Waals surface area contributed by atoms with Gasteiger partial charge in [-0.2, -0.15) is 0 Å². The molecule has 3 rings (SSSR count). The van der Waals surface area contributed by atoms with Crippen LogP contribution in [0.25, 0.3) is 0 Å². The van der Waals surface area contributed by atoms with Crippen molar-refractivity contribution in [2.75, 3.05) is 26.3 Å². The van der Waals surface area contributed by atoms with Crippen LogP contribution in [0.3, 0.4) is 0 Å². The molecule has 0 aromatic heterocycles. The maximum atomic E-state index is 12.4. The van der Waals surface area contributed by atoms with Crippen molar-refractivity contribution in [1.82, 2.24) is 10.2 Å². The Morgan fingerprint density at radius 3 is 2.54 bits per heavy atom. The molecule has 1 unspecified atom stereocenters. The smallest absolute Gasteiger partial charge is 0.237 e. The molecule has 0 aliphatic carbocycles. The van der Waals surface area contributed by atoms with E-state index in [1.165, 1.54) is 5.56 Å². The molecule has 4 N–H and O–H groups in total. The van der Waals surface area contributed by atoms with Crippen LogP contribution in [-0.4, -0.2) is 54.4 Å². The Bertz CT molecular complexity index is 581. The SMILES string of the molecule is NC(C(=O)NCc1ccccc1CN1CCC(O)CC1)C1CCOCC1. The van der Waals surface area contributed by atoms with Gasteiger partial charge in [-0.05, 0) is 42.7 Å². The highest BCUT2D eigenvalue weighted by Crippen LogP contribution is 2.19. The number of carbonyl (C=O) groups excluding carboxylic acids is 1. The molecule has 2 saturated heterocycles. The minimum absolute atomic E-state index is 0.0761. The second kappa shape index (κ2) is 9.46. The predicted octanol–water partition coefficient (Wildman–Crippen LogP) is 1.01. The summed E-state index contributed by atoms with van der Waals surface area (Å²) in [6.45, 7) is 4.57. The van der Waals surface area contributed by atoms with Crippen molar-refractivity contribution >= 4 is 5.91 Å². The molecular weight excluding hydrogens is 330 g/mol. The molecule has 6 nitrogen and oxygen atoms in total. The van der Waals surface area contributed by atoms with Crippen LogP contribution in [0.4, 0.5) is 0 Å². The molecule has 26 heavy (non-hydrogen) atoms. The molecule has 2 fully saturated rings. The van der Waals surface area contributed by atoms with E-state index in [4.69, 9.17) is 10.5 Å². The first kappa shape index (κ1) is 19.3. The van der Waals surface area contributed by atoms with Crippen LogP contribution in [0.2, 0.25) is 0 Å². The van der Waals surface area contributed by atoms with Crippen molar-refractivity contribution in [3.05, 3.63) is 35.4 Å². The number of nitrogens with two attached hydrogens (primary N) is 1. The Labute approximate surface area is 155 Å². The van der Waals surface area contributed by atoms with Gasteiger partial charge in [-0.1, -0.05) is 24.3 Å². The minimum Gasteiger partial charge on any atom is -0.393 e. The molecule has 1 aromatic rings. The maximum absolute atomic E-state index is 12.4. The van der Waals surface area contributed by atoms with Gasteiger partial charge in [-0.15, -0.1) is 0 Å². The fourth-order valence-corrected chi connectivity index (χ4v) is 3.79. The number of carbonyl (C=O) groups is 1. The Balaban J connectivity index is 1.53. The van der Waals surface area contributed by atoms with Gasteiger partial charge in [0.05, 0.1) is 12.1 Å². The number of nitrogens with one attached hydrogen (secondary N) is 1. The fourth-order valence-electron chi connectivity index (χ4n) is 3.79. The van der Waals surface area contributed by atoms with Crippen molar-refractivity contribution in [2.45, 2.75) is 50.9 Å². The molecular formula is C20H31N3O3. The molecule has 0 spiro atoms. The molecule has 0 radical (unpaired) electrons. The van der Waals surface area contributed by atoms with Gasteiger partial charge in [0.1, 0.15) is 0 Å². The summed E-state index contributed by atoms with van der Waals surface area (Å²) >= 11 is 0. The van der Waals surface area contributed by atoms with Crippen molar-refractivity contribution in [1.29, 1.82) is 0 Å². The molecule has 6 heteroatoms. The standard InChI is InChI=1S/C20H31N3O3/c21-19(15-7-11-26-12-8-15)20(25)22-13-16-3-1-2-4-17(16)14-23-9-5-18(24)6-10-23/h1-4,15,18-19,24H,5-14,21H2,(H,22,25). The summed E-state index contributed by atoms with van der Waals surface area (Å²) in [5, 5.41) is 12.7. The summed E-state index contributed by atoms with van der Waals surface area (Å²) < 4.78 is 5.35. The zero-order valence-electron chi connectivity index (χ0n) is 15.4. The monoisotopic (exact) mass is 361 g/mol. The molecule has 2 aliphatic heterocycles. The molecule has 2 heterocycles. The molecule has 1 amide bonds. The third-order valence-electron chi connectivity index (χ3n) is 5.60. The van der Waals surface area contributed by atoms with Gasteiger partial charge >= 0.3 is 0 Å². The average molecular weight is 361 g/mol. The van der Waals surface area contributed by atoms with Crippen LogP contribution in [0.15, 0.2) is 24.3 Å². The van der Waals surface area contributed by atoms with E-state index in [1.807, 2.05) is 12.1 Å². The van der Waals surface area contributed by atoms with Crippen molar-refractivity contribution in [3.8, 4) is 0 Å². The maximum Gasteiger partial charge on any atom is 0.237 e. The van der Waals surface area contributed by atoms with Crippen LogP contribution >= 0.6 is 0 Å². The van der Waals surface area contributed by atoms with E-state index >= 15 is 0 Å². The molecule has 0 bridgehead atoms. The first-order chi connectivity index (χ1) is 12.6. The highest BCUT2D eigenvalue weighted by molar-refractivity contribution is 5.81. The summed E-state index contributed by atoms with van der Waals surface area (Å²) in [6.07, 6.45) is 3.21. The number of benzene rings is 1. The third-order valence-corrected chi connectivity index (χ3v) is 5.60.